The van der Waals surface area contributed by atoms with Crippen LogP contribution in [-0.4, -0.2) is 23.3 Å². The van der Waals surface area contributed by atoms with Gasteiger partial charge >= 0.3 is 7.12 Å². The lowest BCUT2D eigenvalue weighted by Crippen LogP contribution is -2.41. The van der Waals surface area contributed by atoms with Crippen molar-refractivity contribution in [1.29, 1.82) is 0 Å². The van der Waals surface area contributed by atoms with E-state index in [1.807, 2.05) is 30.5 Å². The molecule has 38 heavy (non-hydrogen) atoms. The first-order chi connectivity index (χ1) is 18.3. The molecular formula is C33H28BNO3. The summed E-state index contributed by atoms with van der Waals surface area (Å²) in [7, 11) is -0.491. The third-order valence-electron chi connectivity index (χ3n) is 8.20. The molecule has 6 aromatic rings. The molecule has 186 valence electrons. The van der Waals surface area contributed by atoms with Gasteiger partial charge < -0.3 is 13.7 Å². The van der Waals surface area contributed by atoms with Crippen molar-refractivity contribution in [2.24, 2.45) is 0 Å². The maximum atomic E-state index is 6.53. The van der Waals surface area contributed by atoms with Crippen LogP contribution in [0.5, 0.6) is 0 Å². The Balaban J connectivity index is 1.43. The first-order valence-electron chi connectivity index (χ1n) is 13.1. The van der Waals surface area contributed by atoms with Gasteiger partial charge in [0, 0.05) is 27.9 Å². The lowest BCUT2D eigenvalue weighted by Gasteiger charge is -2.32. The fraction of sp³-hybridized carbons (Fsp3) is 0.182. The summed E-state index contributed by atoms with van der Waals surface area (Å²) in [4.78, 5) is 4.65. The van der Waals surface area contributed by atoms with Crippen LogP contribution < -0.4 is 5.46 Å². The molecule has 0 amide bonds. The predicted octanol–water partition coefficient (Wildman–Crippen LogP) is 7.77. The predicted molar refractivity (Wildman–Crippen MR) is 156 cm³/mol. The number of aromatic nitrogens is 1. The van der Waals surface area contributed by atoms with Crippen LogP contribution in [-0.2, 0) is 9.31 Å². The van der Waals surface area contributed by atoms with Crippen LogP contribution in [0, 0.1) is 0 Å². The van der Waals surface area contributed by atoms with E-state index in [2.05, 4.69) is 99.4 Å². The third kappa shape index (κ3) is 3.50. The summed E-state index contributed by atoms with van der Waals surface area (Å²) in [5.74, 6) is 0. The van der Waals surface area contributed by atoms with E-state index in [0.717, 1.165) is 60.6 Å². The molecule has 4 nitrogen and oxygen atoms in total. The number of fused-ring (bicyclic) bond motifs is 4. The summed E-state index contributed by atoms with van der Waals surface area (Å²) >= 11 is 0. The van der Waals surface area contributed by atoms with E-state index in [-0.39, 0.29) is 0 Å². The first kappa shape index (κ1) is 23.2. The van der Waals surface area contributed by atoms with Gasteiger partial charge in [-0.25, -0.2) is 0 Å². The summed E-state index contributed by atoms with van der Waals surface area (Å²) in [5.41, 5.74) is 7.26. The van der Waals surface area contributed by atoms with Crippen LogP contribution in [0.15, 0.2) is 102 Å². The van der Waals surface area contributed by atoms with Gasteiger partial charge in [0.25, 0.3) is 0 Å². The Labute approximate surface area is 222 Å². The number of benzene rings is 4. The SMILES string of the molecule is CC1(C)OB(c2ccc3oc4ccccc4c3c2-c2ccc(-c3cccc4cccnc34)cc2)OC1(C)C. The highest BCUT2D eigenvalue weighted by molar-refractivity contribution is 6.64. The quantitative estimate of drug-likeness (QED) is 0.234. The van der Waals surface area contributed by atoms with Crippen molar-refractivity contribution >= 4 is 45.4 Å². The van der Waals surface area contributed by atoms with Gasteiger partial charge in [-0.3, -0.25) is 4.98 Å². The summed E-state index contributed by atoms with van der Waals surface area (Å²) in [6, 6.07) is 31.4. The monoisotopic (exact) mass is 497 g/mol. The molecule has 0 aliphatic carbocycles. The normalized spacial score (nSPS) is 16.6. The molecule has 0 spiro atoms. The van der Waals surface area contributed by atoms with Gasteiger partial charge in [0.1, 0.15) is 11.2 Å². The second-order valence-electron chi connectivity index (χ2n) is 11.0. The van der Waals surface area contributed by atoms with E-state index < -0.39 is 18.3 Å². The molecule has 1 saturated heterocycles. The molecule has 7 rings (SSSR count). The topological polar surface area (TPSA) is 44.5 Å². The zero-order chi connectivity index (χ0) is 26.1. The average Bonchev–Trinajstić information content (AvgIpc) is 3.40. The van der Waals surface area contributed by atoms with Crippen molar-refractivity contribution in [3.63, 3.8) is 0 Å². The maximum Gasteiger partial charge on any atom is 0.495 e. The molecule has 1 aliphatic heterocycles. The molecule has 3 heterocycles. The van der Waals surface area contributed by atoms with Crippen molar-refractivity contribution < 1.29 is 13.7 Å². The molecule has 1 aliphatic rings. The maximum absolute atomic E-state index is 6.53. The fourth-order valence-electron chi connectivity index (χ4n) is 5.46. The van der Waals surface area contributed by atoms with Crippen molar-refractivity contribution in [2.45, 2.75) is 38.9 Å². The highest BCUT2D eigenvalue weighted by atomic mass is 16.7. The van der Waals surface area contributed by atoms with Gasteiger partial charge in [-0.1, -0.05) is 72.8 Å². The van der Waals surface area contributed by atoms with Crippen molar-refractivity contribution in [3.05, 3.63) is 97.2 Å². The standard InChI is InChI=1S/C33H28BNO3/c1-32(2)33(3,4)38-34(37-32)26-18-19-28-30(25-11-5-6-13-27(25)36-28)29(26)22-16-14-21(15-17-22)24-12-7-9-23-10-8-20-35-31(23)24/h5-20H,1-4H3. The Hall–Kier alpha value is -3.93. The zero-order valence-corrected chi connectivity index (χ0v) is 22.0. The minimum Gasteiger partial charge on any atom is -0.456 e. The van der Waals surface area contributed by atoms with Crippen LogP contribution in [0.1, 0.15) is 27.7 Å². The Morgan fingerprint density at radius 2 is 1.37 bits per heavy atom. The molecule has 0 unspecified atom stereocenters. The minimum absolute atomic E-state index is 0.437. The summed E-state index contributed by atoms with van der Waals surface area (Å²) in [6.07, 6.45) is 1.85. The van der Waals surface area contributed by atoms with E-state index in [4.69, 9.17) is 13.7 Å². The average molecular weight is 497 g/mol. The molecule has 1 fully saturated rings. The van der Waals surface area contributed by atoms with Gasteiger partial charge in [0.05, 0.1) is 16.7 Å². The lowest BCUT2D eigenvalue weighted by molar-refractivity contribution is 0.00578. The van der Waals surface area contributed by atoms with Gasteiger partial charge in [-0.05, 0) is 68.0 Å². The molecule has 2 aromatic heterocycles. The summed E-state index contributed by atoms with van der Waals surface area (Å²) in [6.45, 7) is 8.36. The molecule has 0 saturated carbocycles. The summed E-state index contributed by atoms with van der Waals surface area (Å²) < 4.78 is 19.3. The van der Waals surface area contributed by atoms with Crippen LogP contribution >= 0.6 is 0 Å². The van der Waals surface area contributed by atoms with E-state index in [1.54, 1.807) is 0 Å². The number of rotatable bonds is 3. The molecule has 5 heteroatoms. The van der Waals surface area contributed by atoms with Gasteiger partial charge in [-0.15, -0.1) is 0 Å². The summed E-state index contributed by atoms with van der Waals surface area (Å²) in [5, 5.41) is 3.29. The number of nitrogens with zero attached hydrogens (tertiary/aromatic N) is 1. The molecule has 0 atom stereocenters. The number of pyridine rings is 1. The van der Waals surface area contributed by atoms with Crippen molar-refractivity contribution in [1.82, 2.24) is 4.98 Å². The lowest BCUT2D eigenvalue weighted by atomic mass is 9.73. The van der Waals surface area contributed by atoms with Gasteiger partial charge in [0.2, 0.25) is 0 Å². The Bertz CT molecular complexity index is 1810. The third-order valence-corrected chi connectivity index (χ3v) is 8.20. The highest BCUT2D eigenvalue weighted by Crippen LogP contribution is 2.41. The molecule has 0 N–H and O–H groups in total. The fourth-order valence-corrected chi connectivity index (χ4v) is 5.46. The first-order valence-corrected chi connectivity index (χ1v) is 13.1. The second kappa shape index (κ2) is 8.29. The molecule has 0 radical (unpaired) electrons. The Morgan fingerprint density at radius 1 is 0.658 bits per heavy atom. The smallest absolute Gasteiger partial charge is 0.456 e. The van der Waals surface area contributed by atoms with E-state index >= 15 is 0 Å². The van der Waals surface area contributed by atoms with E-state index in [9.17, 15) is 0 Å². The van der Waals surface area contributed by atoms with Gasteiger partial charge in [0.15, 0.2) is 0 Å². The van der Waals surface area contributed by atoms with Crippen LogP contribution in [0.3, 0.4) is 0 Å². The van der Waals surface area contributed by atoms with Crippen molar-refractivity contribution in [3.8, 4) is 22.3 Å². The van der Waals surface area contributed by atoms with Crippen LogP contribution in [0.25, 0.3) is 55.1 Å². The number of furan rings is 1. The number of hydrogen-bond acceptors (Lipinski definition) is 4. The van der Waals surface area contributed by atoms with Crippen LogP contribution in [0.4, 0.5) is 0 Å². The highest BCUT2D eigenvalue weighted by Gasteiger charge is 2.52. The second-order valence-corrected chi connectivity index (χ2v) is 11.0. The minimum atomic E-state index is -0.491. The van der Waals surface area contributed by atoms with Crippen molar-refractivity contribution in [2.75, 3.05) is 0 Å². The van der Waals surface area contributed by atoms with E-state index in [1.165, 1.54) is 0 Å². The Kier molecular flexibility index (Phi) is 5.06. The number of hydrogen-bond donors (Lipinski definition) is 0. The molecular weight excluding hydrogens is 469 g/mol. The van der Waals surface area contributed by atoms with E-state index in [0.29, 0.717) is 0 Å². The number of para-hydroxylation sites is 2. The molecule has 4 aromatic carbocycles. The Morgan fingerprint density at radius 3 is 2.16 bits per heavy atom. The molecule has 0 bridgehead atoms. The van der Waals surface area contributed by atoms with Gasteiger partial charge in [-0.2, -0.15) is 0 Å². The van der Waals surface area contributed by atoms with Crippen LogP contribution in [0.2, 0.25) is 0 Å². The zero-order valence-electron chi connectivity index (χ0n) is 22.0. The largest absolute Gasteiger partial charge is 0.495 e.